The molecule has 0 unspecified atom stereocenters. The first-order valence-electron chi connectivity index (χ1n) is 7.48. The molecule has 0 radical (unpaired) electrons. The molecule has 1 amide bonds. The van der Waals surface area contributed by atoms with Crippen LogP contribution in [-0.4, -0.2) is 15.9 Å². The number of carbonyl (C=O) groups excluding carboxylic acids is 1. The van der Waals surface area contributed by atoms with E-state index in [2.05, 4.69) is 21.9 Å². The summed E-state index contributed by atoms with van der Waals surface area (Å²) in [6.45, 7) is 9.30. The molecule has 0 fully saturated rings. The first kappa shape index (κ1) is 17.8. The zero-order chi connectivity index (χ0) is 17.9. The van der Waals surface area contributed by atoms with Gasteiger partial charge < -0.3 is 16.0 Å². The lowest BCUT2D eigenvalue weighted by molar-refractivity contribution is -0.123. The molecular weight excluding hydrogens is 324 g/mol. The first-order chi connectivity index (χ1) is 11.3. The standard InChI is InChI=1S/C18H21ClN4O/c1-5-14-15(8-9-20)23-16(22-14)12-10-11(6-7-13(12)19)21-17(24)18(2,3)4/h5-10H,1,20H2,2-4H3,(H,21,24)(H,22,23)/b9-8-. The molecule has 6 heteroatoms. The fourth-order valence-corrected chi connectivity index (χ4v) is 2.22. The van der Waals surface area contributed by atoms with Crippen LogP contribution < -0.4 is 11.1 Å². The van der Waals surface area contributed by atoms with Gasteiger partial charge in [-0.1, -0.05) is 39.0 Å². The molecular formula is C18H21ClN4O. The monoisotopic (exact) mass is 344 g/mol. The third kappa shape index (κ3) is 3.86. The number of benzene rings is 1. The van der Waals surface area contributed by atoms with Gasteiger partial charge in [-0.25, -0.2) is 4.98 Å². The van der Waals surface area contributed by atoms with E-state index in [4.69, 9.17) is 17.3 Å². The Kier molecular flexibility index (Phi) is 5.14. The van der Waals surface area contributed by atoms with E-state index in [1.807, 2.05) is 20.8 Å². The van der Waals surface area contributed by atoms with Crippen LogP contribution in [0.5, 0.6) is 0 Å². The Bertz CT molecular complexity index is 800. The van der Waals surface area contributed by atoms with Crippen molar-refractivity contribution < 1.29 is 4.79 Å². The fourth-order valence-electron chi connectivity index (χ4n) is 2.01. The summed E-state index contributed by atoms with van der Waals surface area (Å²) in [7, 11) is 0. The fraction of sp³-hybridized carbons (Fsp3) is 0.222. The van der Waals surface area contributed by atoms with Gasteiger partial charge >= 0.3 is 0 Å². The number of rotatable bonds is 4. The summed E-state index contributed by atoms with van der Waals surface area (Å²) in [4.78, 5) is 19.8. The minimum absolute atomic E-state index is 0.0752. The molecule has 0 aliphatic rings. The summed E-state index contributed by atoms with van der Waals surface area (Å²) in [6, 6.07) is 5.27. The van der Waals surface area contributed by atoms with E-state index in [1.165, 1.54) is 6.20 Å². The average Bonchev–Trinajstić information content (AvgIpc) is 2.91. The Hall–Kier alpha value is -2.53. The highest BCUT2D eigenvalue weighted by atomic mass is 35.5. The number of aromatic nitrogens is 2. The summed E-state index contributed by atoms with van der Waals surface area (Å²) in [5.74, 6) is 0.503. The molecule has 1 aromatic heterocycles. The predicted octanol–water partition coefficient (Wildman–Crippen LogP) is 4.29. The number of nitrogens with two attached hydrogens (primary N) is 1. The van der Waals surface area contributed by atoms with Gasteiger partial charge in [0.1, 0.15) is 5.82 Å². The van der Waals surface area contributed by atoms with E-state index < -0.39 is 5.41 Å². The Morgan fingerprint density at radius 2 is 2.12 bits per heavy atom. The molecule has 0 aliphatic carbocycles. The van der Waals surface area contributed by atoms with E-state index in [0.717, 1.165) is 5.69 Å². The van der Waals surface area contributed by atoms with Crippen molar-refractivity contribution in [3.8, 4) is 11.4 Å². The van der Waals surface area contributed by atoms with Crippen LogP contribution in [0.4, 0.5) is 5.69 Å². The highest BCUT2D eigenvalue weighted by Crippen LogP contribution is 2.30. The van der Waals surface area contributed by atoms with Crippen molar-refractivity contribution in [2.24, 2.45) is 11.1 Å². The molecule has 2 rings (SSSR count). The van der Waals surface area contributed by atoms with Crippen LogP contribution in [0.1, 0.15) is 32.2 Å². The van der Waals surface area contributed by atoms with E-state index in [-0.39, 0.29) is 5.91 Å². The van der Waals surface area contributed by atoms with E-state index in [0.29, 0.717) is 27.8 Å². The van der Waals surface area contributed by atoms with Crippen molar-refractivity contribution in [2.75, 3.05) is 5.32 Å². The lowest BCUT2D eigenvalue weighted by Gasteiger charge is -2.18. The lowest BCUT2D eigenvalue weighted by atomic mass is 9.95. The lowest BCUT2D eigenvalue weighted by Crippen LogP contribution is -2.27. The van der Waals surface area contributed by atoms with Crippen LogP contribution in [0.25, 0.3) is 23.5 Å². The van der Waals surface area contributed by atoms with Crippen LogP contribution in [0.3, 0.4) is 0 Å². The molecule has 5 nitrogen and oxygen atoms in total. The van der Waals surface area contributed by atoms with E-state index in [1.54, 1.807) is 30.4 Å². The number of H-pyrrole nitrogens is 1. The molecule has 24 heavy (non-hydrogen) atoms. The molecule has 0 aliphatic heterocycles. The van der Waals surface area contributed by atoms with Crippen LogP contribution in [0.2, 0.25) is 5.02 Å². The largest absolute Gasteiger partial charge is 0.405 e. The maximum Gasteiger partial charge on any atom is 0.229 e. The highest BCUT2D eigenvalue weighted by Gasteiger charge is 2.21. The second-order valence-corrected chi connectivity index (χ2v) is 6.75. The number of nitrogens with zero attached hydrogens (tertiary/aromatic N) is 1. The SMILES string of the molecule is C=Cc1nc(-c2cc(NC(=O)C(C)(C)C)ccc2Cl)[nH]c1/C=C\N. The smallest absolute Gasteiger partial charge is 0.229 e. The van der Waals surface area contributed by atoms with Gasteiger partial charge in [0.25, 0.3) is 0 Å². The minimum atomic E-state index is -0.487. The molecule has 1 heterocycles. The van der Waals surface area contributed by atoms with Crippen LogP contribution in [-0.2, 0) is 4.79 Å². The molecule has 0 spiro atoms. The molecule has 126 valence electrons. The summed E-state index contributed by atoms with van der Waals surface area (Å²) >= 11 is 6.30. The average molecular weight is 345 g/mol. The second-order valence-electron chi connectivity index (χ2n) is 6.35. The number of anilines is 1. The van der Waals surface area contributed by atoms with Crippen LogP contribution in [0.15, 0.2) is 31.0 Å². The number of carbonyl (C=O) groups is 1. The molecule has 4 N–H and O–H groups in total. The van der Waals surface area contributed by atoms with Gasteiger partial charge in [0.05, 0.1) is 16.4 Å². The van der Waals surface area contributed by atoms with Crippen molar-refractivity contribution in [3.63, 3.8) is 0 Å². The second kappa shape index (κ2) is 6.93. The molecule has 0 saturated heterocycles. The first-order valence-corrected chi connectivity index (χ1v) is 7.86. The Labute approximate surface area is 146 Å². The number of imidazole rings is 1. The van der Waals surface area contributed by atoms with Gasteiger partial charge in [-0.3, -0.25) is 4.79 Å². The normalized spacial score (nSPS) is 11.7. The predicted molar refractivity (Wildman–Crippen MR) is 100 cm³/mol. The van der Waals surface area contributed by atoms with Crippen molar-refractivity contribution in [2.45, 2.75) is 20.8 Å². The number of nitrogens with one attached hydrogen (secondary N) is 2. The maximum atomic E-state index is 12.2. The molecule has 1 aromatic carbocycles. The minimum Gasteiger partial charge on any atom is -0.405 e. The Morgan fingerprint density at radius 3 is 2.71 bits per heavy atom. The molecule has 2 aromatic rings. The third-order valence-corrected chi connectivity index (χ3v) is 3.71. The van der Waals surface area contributed by atoms with Crippen molar-refractivity contribution in [1.29, 1.82) is 0 Å². The van der Waals surface area contributed by atoms with Crippen LogP contribution in [0, 0.1) is 5.41 Å². The van der Waals surface area contributed by atoms with Gasteiger partial charge in [0.15, 0.2) is 0 Å². The quantitative estimate of drug-likeness (QED) is 0.773. The summed E-state index contributed by atoms with van der Waals surface area (Å²) in [6.07, 6.45) is 4.76. The zero-order valence-corrected chi connectivity index (χ0v) is 14.7. The summed E-state index contributed by atoms with van der Waals surface area (Å²) < 4.78 is 0. The van der Waals surface area contributed by atoms with Gasteiger partial charge in [0.2, 0.25) is 5.91 Å². The molecule has 0 atom stereocenters. The number of hydrogen-bond acceptors (Lipinski definition) is 3. The summed E-state index contributed by atoms with van der Waals surface area (Å²) in [5.41, 5.74) is 7.71. The van der Waals surface area contributed by atoms with E-state index in [9.17, 15) is 4.79 Å². The molecule has 0 saturated carbocycles. The highest BCUT2D eigenvalue weighted by molar-refractivity contribution is 6.33. The topological polar surface area (TPSA) is 83.8 Å². The van der Waals surface area contributed by atoms with Gasteiger partial charge in [0, 0.05) is 16.7 Å². The van der Waals surface area contributed by atoms with Crippen molar-refractivity contribution >= 4 is 35.3 Å². The Balaban J connectivity index is 2.42. The van der Waals surface area contributed by atoms with Crippen molar-refractivity contribution in [1.82, 2.24) is 9.97 Å². The van der Waals surface area contributed by atoms with Gasteiger partial charge in [-0.15, -0.1) is 0 Å². The third-order valence-electron chi connectivity index (χ3n) is 3.38. The zero-order valence-electron chi connectivity index (χ0n) is 14.0. The van der Waals surface area contributed by atoms with Crippen molar-refractivity contribution in [3.05, 3.63) is 47.4 Å². The number of hydrogen-bond donors (Lipinski definition) is 3. The Morgan fingerprint density at radius 1 is 1.42 bits per heavy atom. The van der Waals surface area contributed by atoms with Crippen LogP contribution >= 0.6 is 11.6 Å². The number of halogens is 1. The van der Waals surface area contributed by atoms with Gasteiger partial charge in [-0.2, -0.15) is 0 Å². The molecule has 0 bridgehead atoms. The number of amides is 1. The summed E-state index contributed by atoms with van der Waals surface area (Å²) in [5, 5.41) is 3.41. The maximum absolute atomic E-state index is 12.2. The number of aromatic amines is 1. The van der Waals surface area contributed by atoms with Gasteiger partial charge in [-0.05, 0) is 36.6 Å². The van der Waals surface area contributed by atoms with E-state index >= 15 is 0 Å².